The van der Waals surface area contributed by atoms with E-state index in [1.807, 2.05) is 0 Å². The van der Waals surface area contributed by atoms with E-state index in [0.29, 0.717) is 23.8 Å². The van der Waals surface area contributed by atoms with Crippen molar-refractivity contribution in [2.45, 2.75) is 6.42 Å². The molecule has 0 unspecified atom stereocenters. The van der Waals surface area contributed by atoms with Crippen LogP contribution in [-0.2, 0) is 9.53 Å². The first-order chi connectivity index (χ1) is 7.70. The number of nitrogen functional groups attached to an aromatic ring is 1. The standard InChI is InChI=1S/C10H12N4O2/c1-16-6-8-4-10(15)14(13-8)9-3-2-7(11)5-12-9/h2-3,5H,4,6,11H2,1H3. The number of pyridine rings is 1. The summed E-state index contributed by atoms with van der Waals surface area (Å²) in [6, 6.07) is 3.34. The molecule has 1 aromatic rings. The summed E-state index contributed by atoms with van der Waals surface area (Å²) >= 11 is 0. The van der Waals surface area contributed by atoms with Gasteiger partial charge in [-0.1, -0.05) is 0 Å². The maximum atomic E-state index is 11.6. The number of aromatic nitrogens is 1. The molecule has 2 N–H and O–H groups in total. The largest absolute Gasteiger partial charge is 0.397 e. The molecule has 0 atom stereocenters. The first-order valence-electron chi connectivity index (χ1n) is 4.80. The molecule has 2 heterocycles. The van der Waals surface area contributed by atoms with Gasteiger partial charge in [-0.2, -0.15) is 10.1 Å². The lowest BCUT2D eigenvalue weighted by atomic mass is 10.3. The van der Waals surface area contributed by atoms with Crippen molar-refractivity contribution >= 4 is 23.1 Å². The number of hydrazone groups is 1. The van der Waals surface area contributed by atoms with E-state index in [-0.39, 0.29) is 12.3 Å². The monoisotopic (exact) mass is 220 g/mol. The van der Waals surface area contributed by atoms with E-state index < -0.39 is 0 Å². The predicted octanol–water partition coefficient (Wildman–Crippen LogP) is 0.403. The van der Waals surface area contributed by atoms with Crippen molar-refractivity contribution in [3.63, 3.8) is 0 Å². The number of nitrogens with zero attached hydrogens (tertiary/aromatic N) is 3. The quantitative estimate of drug-likeness (QED) is 0.799. The topological polar surface area (TPSA) is 80.8 Å². The van der Waals surface area contributed by atoms with Gasteiger partial charge in [0.2, 0.25) is 0 Å². The van der Waals surface area contributed by atoms with E-state index in [0.717, 1.165) is 0 Å². The predicted molar refractivity (Wildman–Crippen MR) is 60.1 cm³/mol. The highest BCUT2D eigenvalue weighted by atomic mass is 16.5. The highest BCUT2D eigenvalue weighted by Gasteiger charge is 2.25. The van der Waals surface area contributed by atoms with Crippen LogP contribution in [0.3, 0.4) is 0 Å². The van der Waals surface area contributed by atoms with Crippen LogP contribution in [0.2, 0.25) is 0 Å². The Kier molecular flexibility index (Phi) is 2.82. The molecule has 0 saturated heterocycles. The van der Waals surface area contributed by atoms with Gasteiger partial charge in [0.1, 0.15) is 0 Å². The Morgan fingerprint density at radius 3 is 3.00 bits per heavy atom. The van der Waals surface area contributed by atoms with Gasteiger partial charge in [-0.05, 0) is 12.1 Å². The third kappa shape index (κ3) is 2.01. The fourth-order valence-electron chi connectivity index (χ4n) is 1.43. The third-order valence-corrected chi connectivity index (χ3v) is 2.13. The van der Waals surface area contributed by atoms with Crippen molar-refractivity contribution in [2.75, 3.05) is 24.5 Å². The van der Waals surface area contributed by atoms with Crippen molar-refractivity contribution in [2.24, 2.45) is 5.10 Å². The number of carbonyl (C=O) groups is 1. The number of ether oxygens (including phenoxy) is 1. The normalized spacial score (nSPS) is 15.4. The van der Waals surface area contributed by atoms with Gasteiger partial charge < -0.3 is 10.5 Å². The van der Waals surface area contributed by atoms with Gasteiger partial charge in [-0.25, -0.2) is 4.98 Å². The molecule has 0 fully saturated rings. The molecular weight excluding hydrogens is 208 g/mol. The van der Waals surface area contributed by atoms with Gasteiger partial charge >= 0.3 is 0 Å². The number of carbonyl (C=O) groups excluding carboxylic acids is 1. The number of anilines is 2. The molecule has 6 nitrogen and oxygen atoms in total. The van der Waals surface area contributed by atoms with Crippen LogP contribution in [0.25, 0.3) is 0 Å². The van der Waals surface area contributed by atoms with Crippen LogP contribution in [0.5, 0.6) is 0 Å². The Hall–Kier alpha value is -1.95. The van der Waals surface area contributed by atoms with Crippen LogP contribution in [0, 0.1) is 0 Å². The maximum Gasteiger partial charge on any atom is 0.254 e. The average Bonchev–Trinajstić information content (AvgIpc) is 2.61. The van der Waals surface area contributed by atoms with Crippen LogP contribution in [0.4, 0.5) is 11.5 Å². The Labute approximate surface area is 92.7 Å². The van der Waals surface area contributed by atoms with E-state index in [4.69, 9.17) is 10.5 Å². The molecule has 1 aromatic heterocycles. The minimum atomic E-state index is -0.107. The lowest BCUT2D eigenvalue weighted by Crippen LogP contribution is -2.20. The fraction of sp³-hybridized carbons (Fsp3) is 0.300. The molecule has 0 spiro atoms. The van der Waals surface area contributed by atoms with Gasteiger partial charge in [0.05, 0.1) is 30.6 Å². The first kappa shape index (κ1) is 10.6. The van der Waals surface area contributed by atoms with E-state index in [2.05, 4.69) is 10.1 Å². The van der Waals surface area contributed by atoms with Crippen LogP contribution >= 0.6 is 0 Å². The number of rotatable bonds is 3. The molecule has 1 aliphatic heterocycles. The van der Waals surface area contributed by atoms with Crippen molar-refractivity contribution in [1.82, 2.24) is 4.98 Å². The second-order valence-corrected chi connectivity index (χ2v) is 3.43. The summed E-state index contributed by atoms with van der Waals surface area (Å²) in [4.78, 5) is 15.7. The maximum absolute atomic E-state index is 11.6. The summed E-state index contributed by atoms with van der Waals surface area (Å²) in [6.07, 6.45) is 1.77. The van der Waals surface area contributed by atoms with Gasteiger partial charge in [-0.15, -0.1) is 0 Å². The smallest absolute Gasteiger partial charge is 0.254 e. The van der Waals surface area contributed by atoms with E-state index in [1.165, 1.54) is 11.2 Å². The molecular formula is C10H12N4O2. The summed E-state index contributed by atoms with van der Waals surface area (Å²) in [5, 5.41) is 5.40. The molecule has 0 bridgehead atoms. The van der Waals surface area contributed by atoms with Crippen LogP contribution in [-0.4, -0.2) is 30.3 Å². The second kappa shape index (κ2) is 4.28. The Morgan fingerprint density at radius 1 is 1.56 bits per heavy atom. The molecule has 1 amide bonds. The molecule has 0 aromatic carbocycles. The lowest BCUT2D eigenvalue weighted by molar-refractivity contribution is -0.117. The number of amides is 1. The van der Waals surface area contributed by atoms with Gasteiger partial charge in [0, 0.05) is 7.11 Å². The third-order valence-electron chi connectivity index (χ3n) is 2.13. The molecule has 2 rings (SSSR count). The van der Waals surface area contributed by atoms with E-state index in [1.54, 1.807) is 19.2 Å². The summed E-state index contributed by atoms with van der Waals surface area (Å²) < 4.78 is 4.93. The zero-order valence-corrected chi connectivity index (χ0v) is 8.88. The molecule has 6 heteroatoms. The number of nitrogens with two attached hydrogens (primary N) is 1. The summed E-state index contributed by atoms with van der Waals surface area (Å²) in [5.41, 5.74) is 6.77. The van der Waals surface area contributed by atoms with Crippen molar-refractivity contribution in [1.29, 1.82) is 0 Å². The lowest BCUT2D eigenvalue weighted by Gasteiger charge is -2.09. The number of methoxy groups -OCH3 is 1. The van der Waals surface area contributed by atoms with Crippen molar-refractivity contribution in [3.8, 4) is 0 Å². The minimum absolute atomic E-state index is 0.107. The SMILES string of the molecule is COCC1=NN(c2ccc(N)cn2)C(=O)C1. The zero-order chi connectivity index (χ0) is 11.5. The molecule has 16 heavy (non-hydrogen) atoms. The zero-order valence-electron chi connectivity index (χ0n) is 8.88. The Balaban J connectivity index is 2.21. The van der Waals surface area contributed by atoms with Gasteiger partial charge in [0.25, 0.3) is 5.91 Å². The highest BCUT2D eigenvalue weighted by Crippen LogP contribution is 2.18. The van der Waals surface area contributed by atoms with Crippen molar-refractivity contribution in [3.05, 3.63) is 18.3 Å². The molecule has 0 radical (unpaired) electrons. The van der Waals surface area contributed by atoms with Crippen LogP contribution in [0.15, 0.2) is 23.4 Å². The van der Waals surface area contributed by atoms with Crippen molar-refractivity contribution < 1.29 is 9.53 Å². The number of hydrogen-bond donors (Lipinski definition) is 1. The summed E-state index contributed by atoms with van der Waals surface area (Å²) in [6.45, 7) is 0.358. The van der Waals surface area contributed by atoms with Crippen LogP contribution in [0.1, 0.15) is 6.42 Å². The minimum Gasteiger partial charge on any atom is -0.397 e. The highest BCUT2D eigenvalue weighted by molar-refractivity contribution is 6.13. The van der Waals surface area contributed by atoms with Gasteiger partial charge in [0.15, 0.2) is 5.82 Å². The Bertz CT molecular complexity index is 427. The second-order valence-electron chi connectivity index (χ2n) is 3.43. The Morgan fingerprint density at radius 2 is 2.38 bits per heavy atom. The molecule has 1 aliphatic rings. The average molecular weight is 220 g/mol. The first-order valence-corrected chi connectivity index (χ1v) is 4.80. The molecule has 0 saturated carbocycles. The summed E-state index contributed by atoms with van der Waals surface area (Å²) in [5.74, 6) is 0.370. The summed E-state index contributed by atoms with van der Waals surface area (Å²) in [7, 11) is 1.57. The molecule has 84 valence electrons. The van der Waals surface area contributed by atoms with Crippen LogP contribution < -0.4 is 10.7 Å². The number of hydrogen-bond acceptors (Lipinski definition) is 5. The van der Waals surface area contributed by atoms with E-state index >= 15 is 0 Å². The van der Waals surface area contributed by atoms with E-state index in [9.17, 15) is 4.79 Å². The van der Waals surface area contributed by atoms with Gasteiger partial charge in [-0.3, -0.25) is 4.79 Å². The molecule has 0 aliphatic carbocycles. The fourth-order valence-corrected chi connectivity index (χ4v) is 1.43.